The van der Waals surface area contributed by atoms with Crippen molar-refractivity contribution in [2.75, 3.05) is 18.0 Å². The molecular weight excluding hydrogens is 166 g/mol. The van der Waals surface area contributed by atoms with Gasteiger partial charge < -0.3 is 10.0 Å². The van der Waals surface area contributed by atoms with Crippen molar-refractivity contribution in [2.45, 2.75) is 18.9 Å². The zero-order valence-electron chi connectivity index (χ0n) is 7.43. The molecule has 1 aliphatic rings. The minimum atomic E-state index is -0.119. The molecule has 0 spiro atoms. The Kier molecular flexibility index (Phi) is 2.40. The van der Waals surface area contributed by atoms with Crippen LogP contribution >= 0.6 is 0 Å². The highest BCUT2D eigenvalue weighted by atomic mass is 16.3. The molecule has 2 heterocycles. The van der Waals surface area contributed by atoms with Crippen LogP contribution in [0.25, 0.3) is 0 Å². The second kappa shape index (κ2) is 3.70. The van der Waals surface area contributed by atoms with Crippen LogP contribution in [-0.2, 0) is 0 Å². The summed E-state index contributed by atoms with van der Waals surface area (Å²) in [4.78, 5) is 2.22. The van der Waals surface area contributed by atoms with Crippen molar-refractivity contribution in [1.29, 1.82) is 0 Å². The van der Waals surface area contributed by atoms with E-state index in [-0.39, 0.29) is 6.10 Å². The van der Waals surface area contributed by atoms with Crippen molar-refractivity contribution in [3.63, 3.8) is 0 Å². The maximum atomic E-state index is 9.32. The summed E-state index contributed by atoms with van der Waals surface area (Å²) in [5.41, 5.74) is 1.10. The molecule has 2 rings (SSSR count). The SMILES string of the molecule is OC1CCN(c2ccnnc2)CC1. The zero-order chi connectivity index (χ0) is 9.10. The van der Waals surface area contributed by atoms with Gasteiger partial charge in [-0.05, 0) is 18.9 Å². The lowest BCUT2D eigenvalue weighted by Crippen LogP contribution is -2.35. The van der Waals surface area contributed by atoms with Gasteiger partial charge in [-0.25, -0.2) is 0 Å². The minimum Gasteiger partial charge on any atom is -0.393 e. The van der Waals surface area contributed by atoms with Gasteiger partial charge >= 0.3 is 0 Å². The lowest BCUT2D eigenvalue weighted by Gasteiger charge is -2.30. The van der Waals surface area contributed by atoms with E-state index in [0.717, 1.165) is 31.6 Å². The Hall–Kier alpha value is -1.16. The van der Waals surface area contributed by atoms with Crippen molar-refractivity contribution in [3.8, 4) is 0 Å². The van der Waals surface area contributed by atoms with E-state index in [1.165, 1.54) is 0 Å². The zero-order valence-corrected chi connectivity index (χ0v) is 7.43. The third kappa shape index (κ3) is 1.95. The van der Waals surface area contributed by atoms with E-state index in [4.69, 9.17) is 0 Å². The number of hydrogen-bond donors (Lipinski definition) is 1. The number of aliphatic hydroxyl groups excluding tert-OH is 1. The molecule has 1 saturated heterocycles. The highest BCUT2D eigenvalue weighted by molar-refractivity contribution is 5.42. The van der Waals surface area contributed by atoms with Gasteiger partial charge in [-0.1, -0.05) is 0 Å². The molecule has 0 unspecified atom stereocenters. The first-order valence-corrected chi connectivity index (χ1v) is 4.56. The highest BCUT2D eigenvalue weighted by Crippen LogP contribution is 2.17. The summed E-state index contributed by atoms with van der Waals surface area (Å²) < 4.78 is 0. The molecule has 1 fully saturated rings. The number of rotatable bonds is 1. The van der Waals surface area contributed by atoms with Crippen molar-refractivity contribution < 1.29 is 5.11 Å². The van der Waals surface area contributed by atoms with Crippen LogP contribution < -0.4 is 4.90 Å². The molecule has 0 amide bonds. The largest absolute Gasteiger partial charge is 0.393 e. The van der Waals surface area contributed by atoms with Crippen LogP contribution in [0.4, 0.5) is 5.69 Å². The fraction of sp³-hybridized carbons (Fsp3) is 0.556. The summed E-state index contributed by atoms with van der Waals surface area (Å²) in [5, 5.41) is 16.9. The van der Waals surface area contributed by atoms with Crippen LogP contribution in [-0.4, -0.2) is 34.5 Å². The van der Waals surface area contributed by atoms with Gasteiger partial charge in [-0.3, -0.25) is 0 Å². The number of hydrogen-bond acceptors (Lipinski definition) is 4. The van der Waals surface area contributed by atoms with Crippen LogP contribution in [0.2, 0.25) is 0 Å². The summed E-state index contributed by atoms with van der Waals surface area (Å²) in [6.07, 6.45) is 5.04. The highest BCUT2D eigenvalue weighted by Gasteiger charge is 2.16. The Bertz CT molecular complexity index is 257. The van der Waals surface area contributed by atoms with Gasteiger partial charge in [0.05, 0.1) is 24.2 Å². The van der Waals surface area contributed by atoms with Crippen LogP contribution in [0.3, 0.4) is 0 Å². The fourth-order valence-electron chi connectivity index (χ4n) is 1.59. The normalized spacial score (nSPS) is 19.0. The summed E-state index contributed by atoms with van der Waals surface area (Å²) in [7, 11) is 0. The Morgan fingerprint density at radius 3 is 2.69 bits per heavy atom. The molecule has 0 radical (unpaired) electrons. The average molecular weight is 179 g/mol. The Balaban J connectivity index is 2.03. The quantitative estimate of drug-likeness (QED) is 0.679. The van der Waals surface area contributed by atoms with E-state index >= 15 is 0 Å². The second-order valence-electron chi connectivity index (χ2n) is 3.32. The van der Waals surface area contributed by atoms with E-state index in [1.54, 1.807) is 12.4 Å². The van der Waals surface area contributed by atoms with Gasteiger partial charge in [0.15, 0.2) is 0 Å². The monoisotopic (exact) mass is 179 g/mol. The van der Waals surface area contributed by atoms with E-state index in [0.29, 0.717) is 0 Å². The third-order valence-electron chi connectivity index (χ3n) is 2.40. The van der Waals surface area contributed by atoms with Crippen LogP contribution in [0.15, 0.2) is 18.5 Å². The van der Waals surface area contributed by atoms with Crippen molar-refractivity contribution in [2.24, 2.45) is 0 Å². The number of piperidine rings is 1. The predicted octanol–water partition coefficient (Wildman–Crippen LogP) is 0.438. The van der Waals surface area contributed by atoms with Gasteiger partial charge in [-0.2, -0.15) is 10.2 Å². The van der Waals surface area contributed by atoms with E-state index < -0.39 is 0 Å². The standard InChI is InChI=1S/C9H13N3O/c13-9-2-5-12(6-3-9)8-1-4-10-11-7-8/h1,4,7,9,13H,2-3,5-6H2. The molecular formula is C9H13N3O. The first-order chi connectivity index (χ1) is 6.36. The Morgan fingerprint density at radius 2 is 2.08 bits per heavy atom. The average Bonchev–Trinajstić information content (AvgIpc) is 2.20. The third-order valence-corrected chi connectivity index (χ3v) is 2.40. The van der Waals surface area contributed by atoms with Gasteiger partial charge in [0.2, 0.25) is 0 Å². The molecule has 0 bridgehead atoms. The Labute approximate surface area is 77.2 Å². The second-order valence-corrected chi connectivity index (χ2v) is 3.32. The molecule has 70 valence electrons. The van der Waals surface area contributed by atoms with Gasteiger partial charge in [-0.15, -0.1) is 0 Å². The number of anilines is 1. The van der Waals surface area contributed by atoms with Gasteiger partial charge in [0.25, 0.3) is 0 Å². The van der Waals surface area contributed by atoms with Gasteiger partial charge in [0.1, 0.15) is 0 Å². The first kappa shape index (κ1) is 8.44. The molecule has 1 aromatic heterocycles. The molecule has 1 N–H and O–H groups in total. The summed E-state index contributed by atoms with van der Waals surface area (Å²) in [6.45, 7) is 1.82. The number of aliphatic hydroxyl groups is 1. The van der Waals surface area contributed by atoms with Crippen LogP contribution in [0, 0.1) is 0 Å². The number of aromatic nitrogens is 2. The van der Waals surface area contributed by atoms with E-state index in [1.807, 2.05) is 6.07 Å². The van der Waals surface area contributed by atoms with Crippen molar-refractivity contribution >= 4 is 5.69 Å². The van der Waals surface area contributed by atoms with Gasteiger partial charge in [0, 0.05) is 13.1 Å². The first-order valence-electron chi connectivity index (χ1n) is 4.56. The van der Waals surface area contributed by atoms with Crippen LogP contribution in [0.5, 0.6) is 0 Å². The molecule has 0 aliphatic carbocycles. The molecule has 4 heteroatoms. The molecule has 0 saturated carbocycles. The van der Waals surface area contributed by atoms with Crippen molar-refractivity contribution in [1.82, 2.24) is 10.2 Å². The predicted molar refractivity (Wildman–Crippen MR) is 49.5 cm³/mol. The fourth-order valence-corrected chi connectivity index (χ4v) is 1.59. The smallest absolute Gasteiger partial charge is 0.0729 e. The molecule has 1 aromatic rings. The van der Waals surface area contributed by atoms with E-state index in [9.17, 15) is 5.11 Å². The maximum absolute atomic E-state index is 9.32. The molecule has 0 atom stereocenters. The summed E-state index contributed by atoms with van der Waals surface area (Å²) in [5.74, 6) is 0. The lowest BCUT2D eigenvalue weighted by molar-refractivity contribution is 0.145. The maximum Gasteiger partial charge on any atom is 0.0729 e. The molecule has 13 heavy (non-hydrogen) atoms. The lowest BCUT2D eigenvalue weighted by atomic mass is 10.1. The molecule has 1 aliphatic heterocycles. The number of nitrogens with zero attached hydrogens (tertiary/aromatic N) is 3. The summed E-state index contributed by atoms with van der Waals surface area (Å²) in [6, 6.07) is 1.95. The van der Waals surface area contributed by atoms with E-state index in [2.05, 4.69) is 15.1 Å². The topological polar surface area (TPSA) is 49.2 Å². The van der Waals surface area contributed by atoms with Crippen molar-refractivity contribution in [3.05, 3.63) is 18.5 Å². The summed E-state index contributed by atoms with van der Waals surface area (Å²) >= 11 is 0. The molecule has 4 nitrogen and oxygen atoms in total. The van der Waals surface area contributed by atoms with Crippen LogP contribution in [0.1, 0.15) is 12.8 Å². The molecule has 0 aromatic carbocycles. The Morgan fingerprint density at radius 1 is 1.31 bits per heavy atom. The minimum absolute atomic E-state index is 0.119.